The first-order valence-corrected chi connectivity index (χ1v) is 6.46. The summed E-state index contributed by atoms with van der Waals surface area (Å²) in [5, 5.41) is 19.8. The Kier molecular flexibility index (Phi) is 4.53. The van der Waals surface area contributed by atoms with Crippen LogP contribution in [0.15, 0.2) is 54.6 Å². The Bertz CT molecular complexity index is 706. The molecular formula is C16H14N2O4. The molecule has 0 fully saturated rings. The van der Waals surface area contributed by atoms with Crippen molar-refractivity contribution >= 4 is 23.4 Å². The molecule has 6 nitrogen and oxygen atoms in total. The Balaban J connectivity index is 2.07. The number of non-ortho nitro benzene ring substituents is 1. The van der Waals surface area contributed by atoms with Crippen molar-refractivity contribution < 1.29 is 14.8 Å². The van der Waals surface area contributed by atoms with E-state index in [9.17, 15) is 20.0 Å². The standard InChI is InChI=1S/C16H14N2O4/c1-17(13-7-9-15(19)10-8-13)16(20)11-4-12-2-5-14(6-3-12)18(21)22/h2-11,19H,1H3/b11-4+. The van der Waals surface area contributed by atoms with Gasteiger partial charge in [0.15, 0.2) is 0 Å². The highest BCUT2D eigenvalue weighted by Gasteiger charge is 2.07. The lowest BCUT2D eigenvalue weighted by atomic mass is 10.2. The maximum absolute atomic E-state index is 12.0. The average Bonchev–Trinajstić information content (AvgIpc) is 2.53. The molecule has 0 atom stereocenters. The summed E-state index contributed by atoms with van der Waals surface area (Å²) in [5.74, 6) is -0.116. The number of carbonyl (C=O) groups excluding carboxylic acids is 1. The van der Waals surface area contributed by atoms with E-state index in [4.69, 9.17) is 0 Å². The van der Waals surface area contributed by atoms with Gasteiger partial charge in [-0.15, -0.1) is 0 Å². The molecule has 0 aliphatic rings. The second kappa shape index (κ2) is 6.53. The highest BCUT2D eigenvalue weighted by molar-refractivity contribution is 6.03. The molecule has 1 N–H and O–H groups in total. The third kappa shape index (κ3) is 3.69. The van der Waals surface area contributed by atoms with Crippen LogP contribution < -0.4 is 4.90 Å². The van der Waals surface area contributed by atoms with E-state index in [0.717, 1.165) is 0 Å². The minimum absolute atomic E-state index is 0.00434. The number of anilines is 1. The molecular weight excluding hydrogens is 284 g/mol. The van der Waals surface area contributed by atoms with Crippen LogP contribution in [0.2, 0.25) is 0 Å². The van der Waals surface area contributed by atoms with Gasteiger partial charge in [-0.25, -0.2) is 0 Å². The van der Waals surface area contributed by atoms with Gasteiger partial charge >= 0.3 is 0 Å². The number of phenols is 1. The third-order valence-electron chi connectivity index (χ3n) is 3.09. The second-order valence-electron chi connectivity index (χ2n) is 4.60. The van der Waals surface area contributed by atoms with Crippen LogP contribution in [-0.2, 0) is 4.79 Å². The molecule has 0 heterocycles. The summed E-state index contributed by atoms with van der Waals surface area (Å²) in [6, 6.07) is 12.2. The maximum atomic E-state index is 12.0. The van der Waals surface area contributed by atoms with Crippen LogP contribution in [0.4, 0.5) is 11.4 Å². The smallest absolute Gasteiger partial charge is 0.269 e. The van der Waals surface area contributed by atoms with E-state index < -0.39 is 4.92 Å². The van der Waals surface area contributed by atoms with Crippen molar-refractivity contribution in [2.45, 2.75) is 0 Å². The number of nitrogens with zero attached hydrogens (tertiary/aromatic N) is 2. The maximum Gasteiger partial charge on any atom is 0.269 e. The number of phenolic OH excluding ortho intramolecular Hbond substituents is 1. The first-order valence-electron chi connectivity index (χ1n) is 6.46. The molecule has 2 aromatic rings. The normalized spacial score (nSPS) is 10.6. The molecule has 0 aliphatic carbocycles. The largest absolute Gasteiger partial charge is 0.508 e. The SMILES string of the molecule is CN(C(=O)/C=C/c1ccc([N+](=O)[O-])cc1)c1ccc(O)cc1. The highest BCUT2D eigenvalue weighted by atomic mass is 16.6. The molecule has 1 amide bonds. The lowest BCUT2D eigenvalue weighted by molar-refractivity contribution is -0.384. The molecule has 0 spiro atoms. The second-order valence-corrected chi connectivity index (χ2v) is 4.60. The first-order chi connectivity index (χ1) is 10.5. The van der Waals surface area contributed by atoms with Crippen molar-refractivity contribution in [1.29, 1.82) is 0 Å². The Hall–Kier alpha value is -3.15. The number of amides is 1. The van der Waals surface area contributed by atoms with Crippen molar-refractivity contribution in [3.05, 3.63) is 70.3 Å². The van der Waals surface area contributed by atoms with E-state index in [1.807, 2.05) is 0 Å². The summed E-state index contributed by atoms with van der Waals surface area (Å²) in [6.45, 7) is 0. The van der Waals surface area contributed by atoms with Crippen LogP contribution in [0.25, 0.3) is 6.08 Å². The van der Waals surface area contributed by atoms with Gasteiger partial charge in [0.1, 0.15) is 5.75 Å². The Morgan fingerprint density at radius 1 is 1.14 bits per heavy atom. The van der Waals surface area contributed by atoms with Gasteiger partial charge in [0.25, 0.3) is 11.6 Å². The summed E-state index contributed by atoms with van der Waals surface area (Å²) in [4.78, 5) is 23.6. The quantitative estimate of drug-likeness (QED) is 0.534. The number of nitro groups is 1. The van der Waals surface area contributed by atoms with Gasteiger partial charge in [-0.1, -0.05) is 0 Å². The molecule has 0 bridgehead atoms. The average molecular weight is 298 g/mol. The third-order valence-corrected chi connectivity index (χ3v) is 3.09. The molecule has 22 heavy (non-hydrogen) atoms. The molecule has 0 aromatic heterocycles. The van der Waals surface area contributed by atoms with Crippen LogP contribution in [0, 0.1) is 10.1 Å². The van der Waals surface area contributed by atoms with E-state index in [-0.39, 0.29) is 17.3 Å². The van der Waals surface area contributed by atoms with Crippen LogP contribution in [-0.4, -0.2) is 23.0 Å². The van der Waals surface area contributed by atoms with Crippen molar-refractivity contribution in [2.24, 2.45) is 0 Å². The van der Waals surface area contributed by atoms with E-state index >= 15 is 0 Å². The molecule has 0 unspecified atom stereocenters. The first kappa shape index (κ1) is 15.2. The fourth-order valence-corrected chi connectivity index (χ4v) is 1.79. The molecule has 6 heteroatoms. The van der Waals surface area contributed by atoms with Gasteiger partial charge in [-0.2, -0.15) is 0 Å². The number of benzene rings is 2. The van der Waals surface area contributed by atoms with Crippen molar-refractivity contribution in [3.8, 4) is 5.75 Å². The van der Waals surface area contributed by atoms with Gasteiger partial charge in [0.2, 0.25) is 0 Å². The summed E-state index contributed by atoms with van der Waals surface area (Å²) >= 11 is 0. The summed E-state index contributed by atoms with van der Waals surface area (Å²) in [7, 11) is 1.62. The molecule has 0 saturated heterocycles. The lowest BCUT2D eigenvalue weighted by Crippen LogP contribution is -2.23. The molecule has 0 saturated carbocycles. The van der Waals surface area contributed by atoms with E-state index in [2.05, 4.69) is 0 Å². The number of hydrogen-bond donors (Lipinski definition) is 1. The summed E-state index contributed by atoms with van der Waals surface area (Å²) in [5.41, 5.74) is 1.35. The van der Waals surface area contributed by atoms with E-state index in [1.54, 1.807) is 37.4 Å². The van der Waals surface area contributed by atoms with Gasteiger partial charge in [0, 0.05) is 30.9 Å². The molecule has 2 rings (SSSR count). The summed E-state index contributed by atoms with van der Waals surface area (Å²) in [6.07, 6.45) is 2.97. The number of nitro benzene ring substituents is 1. The molecule has 112 valence electrons. The van der Waals surface area contributed by atoms with Crippen molar-refractivity contribution in [3.63, 3.8) is 0 Å². The minimum Gasteiger partial charge on any atom is -0.508 e. The monoisotopic (exact) mass is 298 g/mol. The number of aromatic hydroxyl groups is 1. The van der Waals surface area contributed by atoms with Crippen LogP contribution >= 0.6 is 0 Å². The Labute approximate surface area is 127 Å². The lowest BCUT2D eigenvalue weighted by Gasteiger charge is -2.15. The Morgan fingerprint density at radius 2 is 1.73 bits per heavy atom. The van der Waals surface area contributed by atoms with Gasteiger partial charge in [-0.05, 0) is 48.0 Å². The fraction of sp³-hybridized carbons (Fsp3) is 0.0625. The van der Waals surface area contributed by atoms with Crippen molar-refractivity contribution in [1.82, 2.24) is 0 Å². The van der Waals surface area contributed by atoms with E-state index in [0.29, 0.717) is 11.3 Å². The van der Waals surface area contributed by atoms with Crippen molar-refractivity contribution in [2.75, 3.05) is 11.9 Å². The van der Waals surface area contributed by atoms with Gasteiger partial charge in [-0.3, -0.25) is 14.9 Å². The zero-order valence-corrected chi connectivity index (χ0v) is 11.8. The van der Waals surface area contributed by atoms with Gasteiger partial charge in [0.05, 0.1) is 4.92 Å². The van der Waals surface area contributed by atoms with Gasteiger partial charge < -0.3 is 10.0 Å². The zero-order valence-electron chi connectivity index (χ0n) is 11.8. The predicted octanol–water partition coefficient (Wildman–Crippen LogP) is 2.98. The van der Waals surface area contributed by atoms with Crippen LogP contribution in [0.5, 0.6) is 5.75 Å². The summed E-state index contributed by atoms with van der Waals surface area (Å²) < 4.78 is 0. The number of likely N-dealkylation sites (N-methyl/N-ethyl adjacent to an activating group) is 1. The highest BCUT2D eigenvalue weighted by Crippen LogP contribution is 2.18. The topological polar surface area (TPSA) is 83.7 Å². The molecule has 0 aliphatic heterocycles. The van der Waals surface area contributed by atoms with Crippen LogP contribution in [0.1, 0.15) is 5.56 Å². The van der Waals surface area contributed by atoms with E-state index in [1.165, 1.54) is 35.2 Å². The van der Waals surface area contributed by atoms with Crippen LogP contribution in [0.3, 0.4) is 0 Å². The molecule has 2 aromatic carbocycles. The number of hydrogen-bond acceptors (Lipinski definition) is 4. The number of rotatable bonds is 4. The Morgan fingerprint density at radius 3 is 2.27 bits per heavy atom. The predicted molar refractivity (Wildman–Crippen MR) is 83.6 cm³/mol. The molecule has 0 radical (unpaired) electrons. The zero-order chi connectivity index (χ0) is 16.1. The number of carbonyl (C=O) groups is 1. The minimum atomic E-state index is -0.475. The fourth-order valence-electron chi connectivity index (χ4n) is 1.79.